The number of carboxylic acids is 1. The average Bonchev–Trinajstić information content (AvgIpc) is 3.16. The van der Waals surface area contributed by atoms with E-state index in [0.29, 0.717) is 32.4 Å². The van der Waals surface area contributed by atoms with Crippen LogP contribution in [0.4, 0.5) is 4.79 Å². The maximum Gasteiger partial charge on any atom is 0.329 e. The summed E-state index contributed by atoms with van der Waals surface area (Å²) < 4.78 is 0. The summed E-state index contributed by atoms with van der Waals surface area (Å²) in [5.74, 6) is 0.0227. The van der Waals surface area contributed by atoms with Crippen molar-refractivity contribution in [2.24, 2.45) is 5.92 Å². The smallest absolute Gasteiger partial charge is 0.329 e. The minimum atomic E-state index is -1.14. The molecule has 25 heavy (non-hydrogen) atoms. The number of carbonyl (C=O) groups is 3. The summed E-state index contributed by atoms with van der Waals surface area (Å²) >= 11 is 1.72. The van der Waals surface area contributed by atoms with E-state index < -0.39 is 11.5 Å². The third-order valence-electron chi connectivity index (χ3n) is 5.56. The van der Waals surface area contributed by atoms with Crippen molar-refractivity contribution in [3.05, 3.63) is 0 Å². The average molecular weight is 369 g/mol. The molecule has 3 aliphatic rings. The lowest BCUT2D eigenvalue weighted by Gasteiger charge is -2.38. The normalized spacial score (nSPS) is 26.3. The molecule has 0 aromatic rings. The van der Waals surface area contributed by atoms with Crippen molar-refractivity contribution in [3.63, 3.8) is 0 Å². The predicted octanol–water partition coefficient (Wildman–Crippen LogP) is 1.38. The Morgan fingerprint density at radius 3 is 2.28 bits per heavy atom. The van der Waals surface area contributed by atoms with E-state index in [2.05, 4.69) is 5.32 Å². The van der Waals surface area contributed by atoms with Gasteiger partial charge in [0.2, 0.25) is 5.91 Å². The minimum Gasteiger partial charge on any atom is -0.480 e. The number of aliphatic carboxylic acids is 1. The molecule has 3 amide bonds. The van der Waals surface area contributed by atoms with Gasteiger partial charge in [0.1, 0.15) is 5.54 Å². The van der Waals surface area contributed by atoms with E-state index in [9.17, 15) is 19.5 Å². The molecule has 3 fully saturated rings. The highest BCUT2D eigenvalue weighted by molar-refractivity contribution is 7.99. The highest BCUT2D eigenvalue weighted by atomic mass is 32.2. The summed E-state index contributed by atoms with van der Waals surface area (Å²) in [6.07, 6.45) is 4.50. The number of thioether (sulfide) groups is 1. The zero-order valence-corrected chi connectivity index (χ0v) is 15.4. The Bertz CT molecular complexity index is 530. The first-order chi connectivity index (χ1) is 12.0. The van der Waals surface area contributed by atoms with Crippen LogP contribution in [0.3, 0.4) is 0 Å². The number of hydrogen-bond donors (Lipinski definition) is 2. The van der Waals surface area contributed by atoms with E-state index in [1.807, 2.05) is 4.90 Å². The minimum absolute atomic E-state index is 0.0250. The molecule has 0 saturated carbocycles. The Balaban J connectivity index is 1.61. The second-order valence-corrected chi connectivity index (χ2v) is 8.48. The largest absolute Gasteiger partial charge is 0.480 e. The third-order valence-corrected chi connectivity index (χ3v) is 6.54. The van der Waals surface area contributed by atoms with Crippen molar-refractivity contribution in [2.45, 2.75) is 44.1 Å². The number of carboxylic acid groups (broad SMARTS) is 1. The van der Waals surface area contributed by atoms with Gasteiger partial charge < -0.3 is 20.2 Å². The molecule has 1 unspecified atom stereocenters. The fourth-order valence-electron chi connectivity index (χ4n) is 3.92. The quantitative estimate of drug-likeness (QED) is 0.784. The number of rotatable bonds is 3. The Hall–Kier alpha value is -1.44. The number of nitrogens with zero attached hydrogens (tertiary/aromatic N) is 2. The van der Waals surface area contributed by atoms with Gasteiger partial charge in [-0.3, -0.25) is 4.79 Å². The molecule has 0 bridgehead atoms. The molecule has 3 heterocycles. The molecule has 0 radical (unpaired) electrons. The lowest BCUT2D eigenvalue weighted by molar-refractivity contribution is -0.149. The number of carbonyl (C=O) groups excluding carboxylic acids is 2. The molecule has 0 aromatic heterocycles. The number of amides is 3. The zero-order chi connectivity index (χ0) is 17.9. The van der Waals surface area contributed by atoms with Crippen LogP contribution in [0.15, 0.2) is 0 Å². The Kier molecular flexibility index (Phi) is 5.76. The zero-order valence-electron chi connectivity index (χ0n) is 14.5. The van der Waals surface area contributed by atoms with E-state index in [-0.39, 0.29) is 17.9 Å². The molecule has 3 aliphatic heterocycles. The van der Waals surface area contributed by atoms with Gasteiger partial charge in [-0.05, 0) is 50.0 Å². The van der Waals surface area contributed by atoms with Gasteiger partial charge in [0, 0.05) is 26.2 Å². The number of piperidine rings is 1. The number of likely N-dealkylation sites (tertiary alicyclic amines) is 2. The van der Waals surface area contributed by atoms with E-state index >= 15 is 0 Å². The van der Waals surface area contributed by atoms with Crippen LogP contribution in [0.1, 0.15) is 38.5 Å². The topological polar surface area (TPSA) is 90.0 Å². The Morgan fingerprint density at radius 2 is 1.64 bits per heavy atom. The maximum absolute atomic E-state index is 12.7. The lowest BCUT2D eigenvalue weighted by atomic mass is 9.89. The molecule has 0 spiro atoms. The number of urea groups is 1. The highest BCUT2D eigenvalue weighted by Gasteiger charge is 2.43. The summed E-state index contributed by atoms with van der Waals surface area (Å²) in [6.45, 7) is 2.67. The van der Waals surface area contributed by atoms with Crippen LogP contribution in [-0.4, -0.2) is 76.0 Å². The molecular formula is C17H27N3O4S. The maximum atomic E-state index is 12.7. The molecule has 3 saturated heterocycles. The molecule has 7 nitrogen and oxygen atoms in total. The van der Waals surface area contributed by atoms with Gasteiger partial charge in [-0.15, -0.1) is 0 Å². The summed E-state index contributed by atoms with van der Waals surface area (Å²) in [4.78, 5) is 40.7. The van der Waals surface area contributed by atoms with Crippen molar-refractivity contribution < 1.29 is 19.5 Å². The summed E-state index contributed by atoms with van der Waals surface area (Å²) in [6, 6.07) is 0.0250. The van der Waals surface area contributed by atoms with Gasteiger partial charge in [0.15, 0.2) is 0 Å². The second-order valence-electron chi connectivity index (χ2n) is 7.25. The van der Waals surface area contributed by atoms with Crippen LogP contribution in [0, 0.1) is 5.92 Å². The molecule has 3 rings (SSSR count). The number of hydrogen-bond acceptors (Lipinski definition) is 4. The van der Waals surface area contributed by atoms with Crippen molar-refractivity contribution in [3.8, 4) is 0 Å². The van der Waals surface area contributed by atoms with Gasteiger partial charge in [-0.1, -0.05) is 0 Å². The first-order valence-corrected chi connectivity index (χ1v) is 10.3. The molecule has 140 valence electrons. The SMILES string of the molecule is O=C(NC1(C(=O)O)CCSCC1)C1CCCN(C(=O)N2CCCC2)C1. The Labute approximate surface area is 152 Å². The molecule has 8 heteroatoms. The number of nitrogens with one attached hydrogen (secondary N) is 1. The van der Waals surface area contributed by atoms with E-state index in [1.165, 1.54) is 0 Å². The van der Waals surface area contributed by atoms with E-state index in [0.717, 1.165) is 43.9 Å². The van der Waals surface area contributed by atoms with Crippen molar-refractivity contribution in [1.82, 2.24) is 15.1 Å². The summed E-state index contributed by atoms with van der Waals surface area (Å²) in [5, 5.41) is 12.5. The van der Waals surface area contributed by atoms with Gasteiger partial charge in [0.25, 0.3) is 0 Å². The van der Waals surface area contributed by atoms with Crippen molar-refractivity contribution in [2.75, 3.05) is 37.7 Å². The fraction of sp³-hybridized carbons (Fsp3) is 0.824. The van der Waals surface area contributed by atoms with Crippen LogP contribution in [0.5, 0.6) is 0 Å². The van der Waals surface area contributed by atoms with Crippen LogP contribution in [0.25, 0.3) is 0 Å². The molecule has 0 aliphatic carbocycles. The first kappa shape index (κ1) is 18.4. The fourth-order valence-corrected chi connectivity index (χ4v) is 5.11. The van der Waals surface area contributed by atoms with Crippen molar-refractivity contribution in [1.29, 1.82) is 0 Å². The predicted molar refractivity (Wildman–Crippen MR) is 95.6 cm³/mol. The van der Waals surface area contributed by atoms with E-state index in [4.69, 9.17) is 0 Å². The third kappa shape index (κ3) is 4.04. The molecule has 1 atom stereocenters. The summed E-state index contributed by atoms with van der Waals surface area (Å²) in [5.41, 5.74) is -1.14. The summed E-state index contributed by atoms with van der Waals surface area (Å²) in [7, 11) is 0. The van der Waals surface area contributed by atoms with Crippen LogP contribution in [-0.2, 0) is 9.59 Å². The Morgan fingerprint density at radius 1 is 1.00 bits per heavy atom. The van der Waals surface area contributed by atoms with Gasteiger partial charge in [-0.2, -0.15) is 11.8 Å². The first-order valence-electron chi connectivity index (χ1n) is 9.19. The molecular weight excluding hydrogens is 342 g/mol. The molecule has 2 N–H and O–H groups in total. The van der Waals surface area contributed by atoms with Gasteiger partial charge in [-0.25, -0.2) is 9.59 Å². The van der Waals surface area contributed by atoms with Crippen LogP contribution < -0.4 is 5.32 Å². The molecule has 0 aromatic carbocycles. The van der Waals surface area contributed by atoms with Crippen LogP contribution in [0.2, 0.25) is 0 Å². The standard InChI is InChI=1S/C17H27N3O4S/c21-14(18-17(15(22)23)5-10-25-11-6-17)13-4-3-9-20(12-13)16(24)19-7-1-2-8-19/h13H,1-12H2,(H,18,21)(H,22,23). The highest BCUT2D eigenvalue weighted by Crippen LogP contribution is 2.29. The van der Waals surface area contributed by atoms with Gasteiger partial charge >= 0.3 is 12.0 Å². The van der Waals surface area contributed by atoms with Gasteiger partial charge in [0.05, 0.1) is 5.92 Å². The van der Waals surface area contributed by atoms with E-state index in [1.54, 1.807) is 16.7 Å². The monoisotopic (exact) mass is 369 g/mol. The lowest BCUT2D eigenvalue weighted by Crippen LogP contribution is -2.59. The second kappa shape index (κ2) is 7.85. The van der Waals surface area contributed by atoms with Crippen molar-refractivity contribution >= 4 is 29.7 Å². The van der Waals surface area contributed by atoms with Crippen LogP contribution >= 0.6 is 11.8 Å².